The zero-order valence-corrected chi connectivity index (χ0v) is 10.5. The zero-order chi connectivity index (χ0) is 12.3. The number of amides is 1. The van der Waals surface area contributed by atoms with E-state index in [0.29, 0.717) is 11.3 Å². The molecule has 0 radical (unpaired) electrons. The van der Waals surface area contributed by atoms with Crippen molar-refractivity contribution in [1.82, 2.24) is 10.6 Å². The fourth-order valence-electron chi connectivity index (χ4n) is 2.22. The van der Waals surface area contributed by atoms with E-state index in [2.05, 4.69) is 17.6 Å². The van der Waals surface area contributed by atoms with Gasteiger partial charge in [0.15, 0.2) is 0 Å². The fraction of sp³-hybridized carbons (Fsp3) is 0.615. The van der Waals surface area contributed by atoms with Crippen LogP contribution >= 0.6 is 0 Å². The van der Waals surface area contributed by atoms with Crippen molar-refractivity contribution in [3.63, 3.8) is 0 Å². The minimum atomic E-state index is -0.0315. The normalized spacial score (nSPS) is 18.9. The Morgan fingerprint density at radius 2 is 2.24 bits per heavy atom. The van der Waals surface area contributed by atoms with Crippen molar-refractivity contribution in [2.24, 2.45) is 5.41 Å². The van der Waals surface area contributed by atoms with Gasteiger partial charge in [0.2, 0.25) is 0 Å². The molecule has 1 aliphatic heterocycles. The van der Waals surface area contributed by atoms with Crippen molar-refractivity contribution in [3.8, 4) is 0 Å². The molecule has 1 aromatic rings. The summed E-state index contributed by atoms with van der Waals surface area (Å²) in [6, 6.07) is 1.72. The molecular weight excluding hydrogens is 216 g/mol. The molecule has 1 aromatic heterocycles. The Morgan fingerprint density at radius 1 is 1.53 bits per heavy atom. The monoisotopic (exact) mass is 236 g/mol. The molecule has 2 heterocycles. The summed E-state index contributed by atoms with van der Waals surface area (Å²) >= 11 is 0. The number of piperidine rings is 1. The van der Waals surface area contributed by atoms with E-state index in [9.17, 15) is 4.79 Å². The van der Waals surface area contributed by atoms with Crippen LogP contribution in [0.25, 0.3) is 0 Å². The number of hydrogen-bond acceptors (Lipinski definition) is 3. The maximum absolute atomic E-state index is 11.9. The van der Waals surface area contributed by atoms with Gasteiger partial charge in [-0.3, -0.25) is 4.79 Å². The number of hydrogen-bond donors (Lipinski definition) is 2. The molecule has 94 valence electrons. The van der Waals surface area contributed by atoms with E-state index in [0.717, 1.165) is 32.5 Å². The topological polar surface area (TPSA) is 54.3 Å². The van der Waals surface area contributed by atoms with Crippen LogP contribution in [0.3, 0.4) is 0 Å². The average Bonchev–Trinajstić information content (AvgIpc) is 2.74. The third-order valence-corrected chi connectivity index (χ3v) is 3.59. The number of furan rings is 1. The average molecular weight is 236 g/mol. The first kappa shape index (κ1) is 12.2. The molecule has 1 saturated heterocycles. The van der Waals surface area contributed by atoms with Crippen LogP contribution < -0.4 is 10.6 Å². The summed E-state index contributed by atoms with van der Waals surface area (Å²) in [6.45, 7) is 6.85. The van der Waals surface area contributed by atoms with Gasteiger partial charge in [0.05, 0.1) is 11.8 Å². The summed E-state index contributed by atoms with van der Waals surface area (Å²) in [5, 5.41) is 6.35. The standard InChI is InChI=1S/C13H20N2O2/c1-10-11(3-8-17-10)12(16)15-9-13(2)4-6-14-7-5-13/h3,8,14H,4-7,9H2,1-2H3,(H,15,16). The second-order valence-corrected chi connectivity index (χ2v) is 5.13. The molecule has 0 aliphatic carbocycles. The Balaban J connectivity index is 1.90. The van der Waals surface area contributed by atoms with E-state index >= 15 is 0 Å². The van der Waals surface area contributed by atoms with Crippen molar-refractivity contribution in [3.05, 3.63) is 23.7 Å². The summed E-state index contributed by atoms with van der Waals surface area (Å²) in [4.78, 5) is 11.9. The van der Waals surface area contributed by atoms with E-state index in [4.69, 9.17) is 4.42 Å². The quantitative estimate of drug-likeness (QED) is 0.840. The first-order valence-electron chi connectivity index (χ1n) is 6.14. The first-order valence-corrected chi connectivity index (χ1v) is 6.14. The molecule has 2 N–H and O–H groups in total. The van der Waals surface area contributed by atoms with Crippen molar-refractivity contribution in [2.45, 2.75) is 26.7 Å². The lowest BCUT2D eigenvalue weighted by molar-refractivity contribution is 0.0920. The Labute approximate surface area is 102 Å². The molecule has 0 spiro atoms. The van der Waals surface area contributed by atoms with Gasteiger partial charge in [0.25, 0.3) is 5.91 Å². The molecule has 2 rings (SSSR count). The van der Waals surface area contributed by atoms with E-state index in [1.807, 2.05) is 0 Å². The zero-order valence-electron chi connectivity index (χ0n) is 10.5. The first-order chi connectivity index (χ1) is 8.11. The highest BCUT2D eigenvalue weighted by molar-refractivity contribution is 5.95. The summed E-state index contributed by atoms with van der Waals surface area (Å²) in [5.41, 5.74) is 0.862. The van der Waals surface area contributed by atoms with Gasteiger partial charge < -0.3 is 15.1 Å². The Kier molecular flexibility index (Phi) is 3.52. The van der Waals surface area contributed by atoms with E-state index in [1.54, 1.807) is 19.3 Å². The SMILES string of the molecule is Cc1occc1C(=O)NCC1(C)CCNCC1. The van der Waals surface area contributed by atoms with Crippen molar-refractivity contribution in [2.75, 3.05) is 19.6 Å². The lowest BCUT2D eigenvalue weighted by atomic mass is 9.81. The van der Waals surface area contributed by atoms with Gasteiger partial charge >= 0.3 is 0 Å². The van der Waals surface area contributed by atoms with Gasteiger partial charge in [-0.2, -0.15) is 0 Å². The van der Waals surface area contributed by atoms with Crippen LogP contribution in [0.4, 0.5) is 0 Å². The summed E-state index contributed by atoms with van der Waals surface area (Å²) in [6.07, 6.45) is 3.77. The maximum atomic E-state index is 11.9. The second-order valence-electron chi connectivity index (χ2n) is 5.13. The van der Waals surface area contributed by atoms with E-state index in [1.165, 1.54) is 0 Å². The van der Waals surface area contributed by atoms with Crippen LogP contribution in [0, 0.1) is 12.3 Å². The van der Waals surface area contributed by atoms with Crippen LogP contribution in [0.15, 0.2) is 16.7 Å². The fourth-order valence-corrected chi connectivity index (χ4v) is 2.22. The van der Waals surface area contributed by atoms with Crippen LogP contribution in [0.2, 0.25) is 0 Å². The summed E-state index contributed by atoms with van der Waals surface area (Å²) < 4.78 is 5.13. The highest BCUT2D eigenvalue weighted by Crippen LogP contribution is 2.26. The van der Waals surface area contributed by atoms with Crippen LogP contribution in [-0.4, -0.2) is 25.5 Å². The number of rotatable bonds is 3. The predicted octanol–water partition coefficient (Wildman–Crippen LogP) is 1.71. The van der Waals surface area contributed by atoms with Gasteiger partial charge in [-0.25, -0.2) is 0 Å². The molecule has 4 heteroatoms. The molecule has 4 nitrogen and oxygen atoms in total. The Hall–Kier alpha value is -1.29. The molecular formula is C13H20N2O2. The minimum absolute atomic E-state index is 0.0315. The number of carbonyl (C=O) groups excluding carboxylic acids is 1. The van der Waals surface area contributed by atoms with Gasteiger partial charge in [-0.1, -0.05) is 6.92 Å². The van der Waals surface area contributed by atoms with Crippen molar-refractivity contribution < 1.29 is 9.21 Å². The Morgan fingerprint density at radius 3 is 2.82 bits per heavy atom. The summed E-state index contributed by atoms with van der Waals surface area (Å²) in [5.74, 6) is 0.647. The molecule has 0 saturated carbocycles. The third kappa shape index (κ3) is 2.88. The summed E-state index contributed by atoms with van der Waals surface area (Å²) in [7, 11) is 0. The van der Waals surface area contributed by atoms with Gasteiger partial charge in [0.1, 0.15) is 5.76 Å². The Bertz CT molecular complexity index is 392. The molecule has 1 fully saturated rings. The van der Waals surface area contributed by atoms with Crippen molar-refractivity contribution in [1.29, 1.82) is 0 Å². The lowest BCUT2D eigenvalue weighted by Gasteiger charge is -2.34. The number of aryl methyl sites for hydroxylation is 1. The third-order valence-electron chi connectivity index (χ3n) is 3.59. The number of nitrogens with one attached hydrogen (secondary N) is 2. The molecule has 1 aliphatic rings. The van der Waals surface area contributed by atoms with Gasteiger partial charge in [-0.15, -0.1) is 0 Å². The van der Waals surface area contributed by atoms with Crippen molar-refractivity contribution >= 4 is 5.91 Å². The lowest BCUT2D eigenvalue weighted by Crippen LogP contribution is -2.42. The second kappa shape index (κ2) is 4.92. The van der Waals surface area contributed by atoms with E-state index < -0.39 is 0 Å². The maximum Gasteiger partial charge on any atom is 0.254 e. The van der Waals surface area contributed by atoms with Crippen LogP contribution in [0.5, 0.6) is 0 Å². The largest absolute Gasteiger partial charge is 0.469 e. The molecule has 17 heavy (non-hydrogen) atoms. The molecule has 0 unspecified atom stereocenters. The highest BCUT2D eigenvalue weighted by Gasteiger charge is 2.27. The van der Waals surface area contributed by atoms with Crippen LogP contribution in [0.1, 0.15) is 35.9 Å². The van der Waals surface area contributed by atoms with E-state index in [-0.39, 0.29) is 11.3 Å². The smallest absolute Gasteiger partial charge is 0.254 e. The number of carbonyl (C=O) groups is 1. The van der Waals surface area contributed by atoms with Gasteiger partial charge in [0, 0.05) is 6.54 Å². The molecule has 0 atom stereocenters. The molecule has 1 amide bonds. The predicted molar refractivity (Wildman–Crippen MR) is 66.0 cm³/mol. The molecule has 0 aromatic carbocycles. The minimum Gasteiger partial charge on any atom is -0.469 e. The van der Waals surface area contributed by atoms with Gasteiger partial charge in [-0.05, 0) is 44.3 Å². The molecule has 0 bridgehead atoms. The van der Waals surface area contributed by atoms with Crippen LogP contribution in [-0.2, 0) is 0 Å². The highest BCUT2D eigenvalue weighted by atomic mass is 16.3.